The summed E-state index contributed by atoms with van der Waals surface area (Å²) in [7, 11) is 1.64. The van der Waals surface area contributed by atoms with E-state index in [1.807, 2.05) is 61.5 Å². The molecule has 0 bridgehead atoms. The van der Waals surface area contributed by atoms with Crippen molar-refractivity contribution in [2.75, 3.05) is 26.9 Å². The lowest BCUT2D eigenvalue weighted by Crippen LogP contribution is -2.06. The Morgan fingerprint density at radius 2 is 1.68 bits per heavy atom. The van der Waals surface area contributed by atoms with Crippen molar-refractivity contribution in [2.45, 2.75) is 6.92 Å². The zero-order valence-electron chi connectivity index (χ0n) is 14.4. The molecule has 0 unspecified atom stereocenters. The fourth-order valence-corrected chi connectivity index (χ4v) is 2.42. The van der Waals surface area contributed by atoms with Gasteiger partial charge in [-0.05, 0) is 31.2 Å². The van der Waals surface area contributed by atoms with Crippen molar-refractivity contribution in [3.63, 3.8) is 0 Å². The van der Waals surface area contributed by atoms with Crippen molar-refractivity contribution in [3.05, 3.63) is 54.6 Å². The lowest BCUT2D eigenvalue weighted by Gasteiger charge is -2.03. The molecule has 3 aromatic rings. The molecule has 0 amide bonds. The van der Waals surface area contributed by atoms with E-state index in [0.717, 1.165) is 22.6 Å². The van der Waals surface area contributed by atoms with Gasteiger partial charge >= 0.3 is 6.08 Å². The third-order valence-corrected chi connectivity index (χ3v) is 3.66. The van der Waals surface area contributed by atoms with Crippen LogP contribution in [0.1, 0.15) is 6.92 Å². The standard InChI is InChI=1S/C20H21NO4/c1-3-23-13-14-24-20-21-18(15-9-11-17(22-2)12-10-15)19(25-20)16-7-5-4-6-8-16/h4-12H,3,13-14H2,1-2H3. The molecule has 1 aromatic heterocycles. The molecule has 130 valence electrons. The fraction of sp³-hybridized carbons (Fsp3) is 0.250. The highest BCUT2D eigenvalue weighted by molar-refractivity contribution is 5.77. The van der Waals surface area contributed by atoms with Crippen LogP contribution in [0.4, 0.5) is 0 Å². The second kappa shape index (κ2) is 8.35. The fourth-order valence-electron chi connectivity index (χ4n) is 2.42. The van der Waals surface area contributed by atoms with Crippen LogP contribution in [-0.4, -0.2) is 31.9 Å². The van der Waals surface area contributed by atoms with Crippen molar-refractivity contribution >= 4 is 0 Å². The Labute approximate surface area is 147 Å². The van der Waals surface area contributed by atoms with Gasteiger partial charge in [0.2, 0.25) is 0 Å². The number of hydrogen-bond donors (Lipinski definition) is 0. The Kier molecular flexibility index (Phi) is 5.69. The lowest BCUT2D eigenvalue weighted by molar-refractivity contribution is 0.0969. The summed E-state index contributed by atoms with van der Waals surface area (Å²) in [6.45, 7) is 3.49. The van der Waals surface area contributed by atoms with Gasteiger partial charge < -0.3 is 18.6 Å². The summed E-state index contributed by atoms with van der Waals surface area (Å²) in [4.78, 5) is 4.52. The number of ether oxygens (including phenoxy) is 3. The largest absolute Gasteiger partial charge is 0.497 e. The predicted molar refractivity (Wildman–Crippen MR) is 95.9 cm³/mol. The molecular formula is C20H21NO4. The third-order valence-electron chi connectivity index (χ3n) is 3.66. The van der Waals surface area contributed by atoms with E-state index >= 15 is 0 Å². The van der Waals surface area contributed by atoms with E-state index in [2.05, 4.69) is 4.98 Å². The van der Waals surface area contributed by atoms with Crippen LogP contribution in [0.3, 0.4) is 0 Å². The van der Waals surface area contributed by atoms with E-state index in [1.54, 1.807) is 7.11 Å². The second-order valence-corrected chi connectivity index (χ2v) is 5.30. The first-order chi connectivity index (χ1) is 12.3. The molecule has 0 aliphatic heterocycles. The summed E-state index contributed by atoms with van der Waals surface area (Å²) >= 11 is 0. The summed E-state index contributed by atoms with van der Waals surface area (Å²) in [5, 5.41) is 0. The number of aromatic nitrogens is 1. The van der Waals surface area contributed by atoms with Crippen LogP contribution in [0.5, 0.6) is 11.8 Å². The van der Waals surface area contributed by atoms with Gasteiger partial charge in [0.05, 0.1) is 13.7 Å². The molecule has 2 aromatic carbocycles. The summed E-state index contributed by atoms with van der Waals surface area (Å²) in [5.74, 6) is 1.47. The van der Waals surface area contributed by atoms with Crippen LogP contribution in [-0.2, 0) is 4.74 Å². The molecule has 0 aliphatic rings. The van der Waals surface area contributed by atoms with E-state index < -0.39 is 0 Å². The van der Waals surface area contributed by atoms with Crippen LogP contribution in [0.15, 0.2) is 59.0 Å². The van der Waals surface area contributed by atoms with Gasteiger partial charge in [0.1, 0.15) is 18.1 Å². The van der Waals surface area contributed by atoms with Gasteiger partial charge in [0, 0.05) is 17.7 Å². The maximum absolute atomic E-state index is 5.87. The highest BCUT2D eigenvalue weighted by atomic mass is 16.6. The Balaban J connectivity index is 1.92. The maximum Gasteiger partial charge on any atom is 0.394 e. The van der Waals surface area contributed by atoms with Crippen molar-refractivity contribution < 1.29 is 18.6 Å². The van der Waals surface area contributed by atoms with Gasteiger partial charge in [-0.25, -0.2) is 0 Å². The first kappa shape index (κ1) is 17.0. The highest BCUT2D eigenvalue weighted by Gasteiger charge is 2.18. The third kappa shape index (κ3) is 4.19. The van der Waals surface area contributed by atoms with Crippen LogP contribution >= 0.6 is 0 Å². The SMILES string of the molecule is CCOCCOc1nc(-c2ccc(OC)cc2)c(-c2ccccc2)o1. The Morgan fingerprint density at radius 1 is 0.920 bits per heavy atom. The van der Waals surface area contributed by atoms with E-state index in [0.29, 0.717) is 25.6 Å². The minimum Gasteiger partial charge on any atom is -0.497 e. The lowest BCUT2D eigenvalue weighted by atomic mass is 10.1. The number of benzene rings is 2. The Morgan fingerprint density at radius 3 is 2.36 bits per heavy atom. The average molecular weight is 339 g/mol. The van der Waals surface area contributed by atoms with E-state index in [4.69, 9.17) is 18.6 Å². The molecule has 0 saturated heterocycles. The molecule has 5 heteroatoms. The predicted octanol–water partition coefficient (Wildman–Crippen LogP) is 4.43. The minimum atomic E-state index is 0.240. The molecule has 25 heavy (non-hydrogen) atoms. The summed E-state index contributed by atoms with van der Waals surface area (Å²) in [5.41, 5.74) is 2.61. The number of methoxy groups -OCH3 is 1. The van der Waals surface area contributed by atoms with Gasteiger partial charge in [0.25, 0.3) is 0 Å². The zero-order valence-corrected chi connectivity index (χ0v) is 14.4. The van der Waals surface area contributed by atoms with Crippen molar-refractivity contribution in [3.8, 4) is 34.4 Å². The topological polar surface area (TPSA) is 53.7 Å². The quantitative estimate of drug-likeness (QED) is 0.568. The summed E-state index contributed by atoms with van der Waals surface area (Å²) in [6.07, 6.45) is 0.240. The normalized spacial score (nSPS) is 10.6. The van der Waals surface area contributed by atoms with Crippen LogP contribution in [0.2, 0.25) is 0 Å². The van der Waals surface area contributed by atoms with Crippen molar-refractivity contribution in [2.24, 2.45) is 0 Å². The van der Waals surface area contributed by atoms with E-state index in [1.165, 1.54) is 0 Å². The molecular weight excluding hydrogens is 318 g/mol. The average Bonchev–Trinajstić information content (AvgIpc) is 3.10. The number of nitrogens with zero attached hydrogens (tertiary/aromatic N) is 1. The van der Waals surface area contributed by atoms with E-state index in [9.17, 15) is 0 Å². The van der Waals surface area contributed by atoms with Crippen LogP contribution in [0, 0.1) is 0 Å². The van der Waals surface area contributed by atoms with Gasteiger partial charge in [-0.2, -0.15) is 4.98 Å². The molecule has 1 heterocycles. The van der Waals surface area contributed by atoms with Gasteiger partial charge in [-0.15, -0.1) is 0 Å². The van der Waals surface area contributed by atoms with Crippen molar-refractivity contribution in [1.29, 1.82) is 0 Å². The Bertz CT molecular complexity index is 781. The first-order valence-electron chi connectivity index (χ1n) is 8.23. The van der Waals surface area contributed by atoms with Gasteiger partial charge in [-0.3, -0.25) is 0 Å². The maximum atomic E-state index is 5.87. The van der Waals surface area contributed by atoms with E-state index in [-0.39, 0.29) is 6.08 Å². The molecule has 0 atom stereocenters. The van der Waals surface area contributed by atoms with Gasteiger partial charge in [-0.1, -0.05) is 30.3 Å². The second-order valence-electron chi connectivity index (χ2n) is 5.30. The minimum absolute atomic E-state index is 0.240. The molecule has 3 rings (SSSR count). The monoisotopic (exact) mass is 339 g/mol. The summed E-state index contributed by atoms with van der Waals surface area (Å²) in [6, 6.07) is 17.6. The molecule has 5 nitrogen and oxygen atoms in total. The zero-order chi connectivity index (χ0) is 17.5. The highest BCUT2D eigenvalue weighted by Crippen LogP contribution is 2.35. The first-order valence-corrected chi connectivity index (χ1v) is 8.23. The molecule has 0 aliphatic carbocycles. The van der Waals surface area contributed by atoms with Gasteiger partial charge in [0.15, 0.2) is 5.76 Å². The molecule has 0 fully saturated rings. The van der Waals surface area contributed by atoms with Crippen LogP contribution < -0.4 is 9.47 Å². The smallest absolute Gasteiger partial charge is 0.394 e. The molecule has 0 N–H and O–H groups in total. The molecule has 0 spiro atoms. The number of rotatable bonds is 8. The van der Waals surface area contributed by atoms with Crippen LogP contribution in [0.25, 0.3) is 22.6 Å². The number of oxazole rings is 1. The number of hydrogen-bond acceptors (Lipinski definition) is 5. The summed E-state index contributed by atoms with van der Waals surface area (Å²) < 4.78 is 22.0. The Hall–Kier alpha value is -2.79. The molecule has 0 saturated carbocycles. The molecule has 0 radical (unpaired) electrons. The van der Waals surface area contributed by atoms with Crippen molar-refractivity contribution in [1.82, 2.24) is 4.98 Å².